The fourth-order valence-electron chi connectivity index (χ4n) is 4.27. The van der Waals surface area contributed by atoms with Crippen molar-refractivity contribution in [3.05, 3.63) is 29.8 Å². The van der Waals surface area contributed by atoms with E-state index in [1.165, 1.54) is 0 Å². The van der Waals surface area contributed by atoms with E-state index in [2.05, 4.69) is 30.4 Å². The minimum absolute atomic E-state index is 0.297. The van der Waals surface area contributed by atoms with E-state index in [-0.39, 0.29) is 0 Å². The van der Waals surface area contributed by atoms with Gasteiger partial charge in [-0.3, -0.25) is 5.10 Å². The highest BCUT2D eigenvalue weighted by atomic mass is 32.2. The minimum atomic E-state index is -3.52. The Labute approximate surface area is 156 Å². The van der Waals surface area contributed by atoms with Crippen LogP contribution in [0.25, 0.3) is 5.65 Å². The molecule has 0 spiro atoms. The standard InChI is InChI=1S/C16H20N8O2S/c1-10-16(11(2)19-18-10)27(25,26)23-7-12-5-22(6-13(12)8-23)15-4-3-14-20-17-9-24(14)21-15/h3-4,9,12-13H,5-8H2,1-2H3,(H,18,19). The summed E-state index contributed by atoms with van der Waals surface area (Å²) < 4.78 is 29.4. The number of aromatic nitrogens is 6. The second-order valence-electron chi connectivity index (χ2n) is 7.34. The van der Waals surface area contributed by atoms with Crippen molar-refractivity contribution in [2.24, 2.45) is 11.8 Å². The van der Waals surface area contributed by atoms with E-state index in [0.717, 1.165) is 18.9 Å². The number of rotatable bonds is 3. The lowest BCUT2D eigenvalue weighted by Crippen LogP contribution is -2.34. The summed E-state index contributed by atoms with van der Waals surface area (Å²) >= 11 is 0. The van der Waals surface area contributed by atoms with Crippen LogP contribution in [0, 0.1) is 25.7 Å². The smallest absolute Gasteiger partial charge is 0.246 e. The molecular formula is C16H20N8O2S. The Morgan fingerprint density at radius 1 is 1.11 bits per heavy atom. The van der Waals surface area contributed by atoms with Crippen molar-refractivity contribution < 1.29 is 8.42 Å². The van der Waals surface area contributed by atoms with Gasteiger partial charge in [0, 0.05) is 26.2 Å². The molecule has 2 saturated heterocycles. The third-order valence-electron chi connectivity index (χ3n) is 5.58. The molecule has 1 N–H and O–H groups in total. The van der Waals surface area contributed by atoms with Crippen LogP contribution in [-0.4, -0.2) is 68.9 Å². The van der Waals surface area contributed by atoms with Crippen LogP contribution in [0.2, 0.25) is 0 Å². The van der Waals surface area contributed by atoms with Gasteiger partial charge in [0.05, 0.1) is 11.4 Å². The summed E-state index contributed by atoms with van der Waals surface area (Å²) in [6.45, 7) is 6.12. The van der Waals surface area contributed by atoms with Crippen molar-refractivity contribution in [1.29, 1.82) is 0 Å². The Kier molecular flexibility index (Phi) is 3.53. The van der Waals surface area contributed by atoms with E-state index in [4.69, 9.17) is 0 Å². The molecule has 0 aliphatic carbocycles. The molecule has 0 radical (unpaired) electrons. The summed E-state index contributed by atoms with van der Waals surface area (Å²) in [5, 5.41) is 19.2. The molecule has 0 bridgehead atoms. The third-order valence-corrected chi connectivity index (χ3v) is 7.68. The highest BCUT2D eigenvalue weighted by Crippen LogP contribution is 2.36. The molecule has 3 aromatic heterocycles. The number of sulfonamides is 1. The van der Waals surface area contributed by atoms with Gasteiger partial charge in [0.25, 0.3) is 0 Å². The summed E-state index contributed by atoms with van der Waals surface area (Å²) in [4.78, 5) is 2.53. The van der Waals surface area contributed by atoms with E-state index in [1.807, 2.05) is 12.1 Å². The second kappa shape index (κ2) is 5.73. The zero-order valence-electron chi connectivity index (χ0n) is 15.1. The number of anilines is 1. The average Bonchev–Trinajstić information content (AvgIpc) is 3.36. The van der Waals surface area contributed by atoms with Gasteiger partial charge in [-0.1, -0.05) is 0 Å². The van der Waals surface area contributed by atoms with Crippen molar-refractivity contribution in [3.8, 4) is 0 Å². The van der Waals surface area contributed by atoms with E-state index in [1.54, 1.807) is 29.0 Å². The van der Waals surface area contributed by atoms with E-state index in [0.29, 0.717) is 46.9 Å². The van der Waals surface area contributed by atoms with Crippen molar-refractivity contribution in [2.45, 2.75) is 18.7 Å². The van der Waals surface area contributed by atoms with E-state index >= 15 is 0 Å². The Morgan fingerprint density at radius 3 is 2.52 bits per heavy atom. The zero-order valence-corrected chi connectivity index (χ0v) is 15.9. The maximum atomic E-state index is 13.1. The third kappa shape index (κ3) is 2.52. The number of hydrogen-bond donors (Lipinski definition) is 1. The van der Waals surface area contributed by atoms with Gasteiger partial charge in [-0.15, -0.1) is 15.3 Å². The summed E-state index contributed by atoms with van der Waals surface area (Å²) in [5.41, 5.74) is 1.83. The fraction of sp³-hybridized carbons (Fsp3) is 0.500. The van der Waals surface area contributed by atoms with Crippen LogP contribution in [0.3, 0.4) is 0 Å². The van der Waals surface area contributed by atoms with Crippen molar-refractivity contribution in [3.63, 3.8) is 0 Å². The van der Waals surface area contributed by atoms with E-state index in [9.17, 15) is 8.42 Å². The van der Waals surface area contributed by atoms with Crippen LogP contribution in [0.15, 0.2) is 23.4 Å². The topological polar surface area (TPSA) is 112 Å². The van der Waals surface area contributed by atoms with Gasteiger partial charge in [-0.25, -0.2) is 8.42 Å². The molecule has 142 valence electrons. The van der Waals surface area contributed by atoms with Gasteiger partial charge in [-0.05, 0) is 37.8 Å². The largest absolute Gasteiger partial charge is 0.355 e. The molecule has 2 unspecified atom stereocenters. The SMILES string of the molecule is Cc1n[nH]c(C)c1S(=O)(=O)N1CC2CN(c3ccc4nncn4n3)CC2C1. The molecule has 2 aliphatic rings. The number of H-pyrrole nitrogens is 1. The maximum Gasteiger partial charge on any atom is 0.246 e. The first-order valence-corrected chi connectivity index (χ1v) is 10.3. The van der Waals surface area contributed by atoms with Crippen LogP contribution in [0.1, 0.15) is 11.4 Å². The van der Waals surface area contributed by atoms with Gasteiger partial charge in [0.15, 0.2) is 5.65 Å². The van der Waals surface area contributed by atoms with Crippen LogP contribution in [0.5, 0.6) is 0 Å². The zero-order chi connectivity index (χ0) is 18.8. The Balaban J connectivity index is 1.35. The highest BCUT2D eigenvalue weighted by molar-refractivity contribution is 7.89. The number of aromatic amines is 1. The van der Waals surface area contributed by atoms with Gasteiger partial charge in [0.1, 0.15) is 17.0 Å². The van der Waals surface area contributed by atoms with Crippen LogP contribution >= 0.6 is 0 Å². The number of fused-ring (bicyclic) bond motifs is 2. The lowest BCUT2D eigenvalue weighted by atomic mass is 10.0. The molecule has 11 heteroatoms. The molecule has 5 rings (SSSR count). The normalized spacial score (nSPS) is 23.4. The van der Waals surface area contributed by atoms with Gasteiger partial charge in [-0.2, -0.15) is 13.9 Å². The molecule has 2 fully saturated rings. The summed E-state index contributed by atoms with van der Waals surface area (Å²) in [5.74, 6) is 1.46. The quantitative estimate of drug-likeness (QED) is 0.683. The Bertz CT molecular complexity index is 1090. The average molecular weight is 388 g/mol. The molecule has 2 atom stereocenters. The predicted octanol–water partition coefficient (Wildman–Crippen LogP) is 0.221. The molecular weight excluding hydrogens is 368 g/mol. The molecule has 3 aromatic rings. The first kappa shape index (κ1) is 16.6. The highest BCUT2D eigenvalue weighted by Gasteiger charge is 2.45. The lowest BCUT2D eigenvalue weighted by Gasteiger charge is -2.22. The Morgan fingerprint density at radius 2 is 1.85 bits per heavy atom. The molecule has 5 heterocycles. The summed E-state index contributed by atoms with van der Waals surface area (Å²) in [6, 6.07) is 3.84. The molecule has 0 aromatic carbocycles. The van der Waals surface area contributed by atoms with Gasteiger partial charge < -0.3 is 4.90 Å². The first-order chi connectivity index (χ1) is 12.9. The number of aryl methyl sites for hydroxylation is 2. The predicted molar refractivity (Wildman–Crippen MR) is 96.8 cm³/mol. The second-order valence-corrected chi connectivity index (χ2v) is 9.21. The fourth-order valence-corrected chi connectivity index (χ4v) is 6.16. The monoisotopic (exact) mass is 388 g/mol. The molecule has 27 heavy (non-hydrogen) atoms. The first-order valence-electron chi connectivity index (χ1n) is 8.87. The number of nitrogens with zero attached hydrogens (tertiary/aromatic N) is 7. The van der Waals surface area contributed by atoms with Gasteiger partial charge in [0.2, 0.25) is 10.0 Å². The van der Waals surface area contributed by atoms with Crippen molar-refractivity contribution in [2.75, 3.05) is 31.1 Å². The van der Waals surface area contributed by atoms with Crippen molar-refractivity contribution >= 4 is 21.5 Å². The number of hydrogen-bond acceptors (Lipinski definition) is 7. The van der Waals surface area contributed by atoms with Crippen LogP contribution in [-0.2, 0) is 10.0 Å². The molecule has 0 saturated carbocycles. The minimum Gasteiger partial charge on any atom is -0.355 e. The van der Waals surface area contributed by atoms with Crippen molar-refractivity contribution in [1.82, 2.24) is 34.3 Å². The summed E-state index contributed by atoms with van der Waals surface area (Å²) in [6.07, 6.45) is 1.58. The molecule has 0 amide bonds. The molecule has 10 nitrogen and oxygen atoms in total. The van der Waals surface area contributed by atoms with Crippen LogP contribution in [0.4, 0.5) is 5.82 Å². The van der Waals surface area contributed by atoms with Crippen LogP contribution < -0.4 is 4.90 Å². The lowest BCUT2D eigenvalue weighted by molar-refractivity contribution is 0.452. The number of nitrogens with one attached hydrogen (secondary N) is 1. The summed E-state index contributed by atoms with van der Waals surface area (Å²) in [7, 11) is -3.52. The van der Waals surface area contributed by atoms with E-state index < -0.39 is 10.0 Å². The molecule has 2 aliphatic heterocycles. The Hall–Kier alpha value is -2.53. The maximum absolute atomic E-state index is 13.1. The van der Waals surface area contributed by atoms with Gasteiger partial charge >= 0.3 is 0 Å².